The van der Waals surface area contributed by atoms with E-state index in [1.165, 1.54) is 5.56 Å². The number of ether oxygens (including phenoxy) is 1. The highest BCUT2D eigenvalue weighted by atomic mass is 16.5. The highest BCUT2D eigenvalue weighted by Gasteiger charge is 2.22. The Morgan fingerprint density at radius 1 is 1.19 bits per heavy atom. The van der Waals surface area contributed by atoms with Crippen LogP contribution in [0.25, 0.3) is 0 Å². The number of benzene rings is 1. The SMILES string of the molecule is COC(c1noc(CC(C)c2ccc(N)cc2)n1)C(C)C. The molecule has 2 rings (SSSR count). The lowest BCUT2D eigenvalue weighted by Gasteiger charge is -2.14. The fourth-order valence-electron chi connectivity index (χ4n) is 2.35. The molecule has 5 nitrogen and oxygen atoms in total. The van der Waals surface area contributed by atoms with E-state index in [0.29, 0.717) is 30.0 Å². The first-order valence-corrected chi connectivity index (χ1v) is 7.22. The Labute approximate surface area is 125 Å². The first-order chi connectivity index (χ1) is 10.0. The summed E-state index contributed by atoms with van der Waals surface area (Å²) in [5.41, 5.74) is 7.68. The molecule has 0 aliphatic carbocycles. The van der Waals surface area contributed by atoms with E-state index in [9.17, 15) is 0 Å². The zero-order valence-corrected chi connectivity index (χ0v) is 13.0. The molecule has 0 saturated heterocycles. The van der Waals surface area contributed by atoms with Gasteiger partial charge in [0.05, 0.1) is 0 Å². The van der Waals surface area contributed by atoms with Gasteiger partial charge in [0.25, 0.3) is 0 Å². The van der Waals surface area contributed by atoms with Crippen molar-refractivity contribution in [2.75, 3.05) is 12.8 Å². The summed E-state index contributed by atoms with van der Waals surface area (Å²) in [7, 11) is 1.66. The van der Waals surface area contributed by atoms with Gasteiger partial charge in [-0.3, -0.25) is 0 Å². The van der Waals surface area contributed by atoms with Crippen molar-refractivity contribution in [1.29, 1.82) is 0 Å². The minimum atomic E-state index is -0.130. The number of hydrogen-bond acceptors (Lipinski definition) is 5. The molecule has 2 unspecified atom stereocenters. The van der Waals surface area contributed by atoms with Crippen molar-refractivity contribution in [2.45, 2.75) is 39.2 Å². The van der Waals surface area contributed by atoms with Crippen molar-refractivity contribution >= 4 is 5.69 Å². The van der Waals surface area contributed by atoms with E-state index in [4.69, 9.17) is 15.0 Å². The monoisotopic (exact) mass is 289 g/mol. The van der Waals surface area contributed by atoms with Gasteiger partial charge in [0.2, 0.25) is 11.7 Å². The molecular formula is C16H23N3O2. The molecule has 2 N–H and O–H groups in total. The molecule has 2 atom stereocenters. The van der Waals surface area contributed by atoms with E-state index >= 15 is 0 Å². The largest absolute Gasteiger partial charge is 0.399 e. The van der Waals surface area contributed by atoms with E-state index in [1.807, 2.05) is 24.3 Å². The Morgan fingerprint density at radius 2 is 1.86 bits per heavy atom. The zero-order chi connectivity index (χ0) is 15.4. The lowest BCUT2D eigenvalue weighted by molar-refractivity contribution is 0.0555. The van der Waals surface area contributed by atoms with Crippen LogP contribution >= 0.6 is 0 Å². The number of rotatable bonds is 6. The summed E-state index contributed by atoms with van der Waals surface area (Å²) >= 11 is 0. The summed E-state index contributed by atoms with van der Waals surface area (Å²) < 4.78 is 10.8. The second-order valence-corrected chi connectivity index (χ2v) is 5.72. The first kappa shape index (κ1) is 15.5. The summed E-state index contributed by atoms with van der Waals surface area (Å²) in [6, 6.07) is 7.88. The molecule has 0 aliphatic heterocycles. The number of nitrogen functional groups attached to an aromatic ring is 1. The van der Waals surface area contributed by atoms with Gasteiger partial charge in [-0.1, -0.05) is 38.1 Å². The first-order valence-electron chi connectivity index (χ1n) is 7.22. The molecule has 0 fully saturated rings. The maximum atomic E-state index is 5.70. The highest BCUT2D eigenvalue weighted by molar-refractivity contribution is 5.40. The fourth-order valence-corrected chi connectivity index (χ4v) is 2.35. The average molecular weight is 289 g/mol. The lowest BCUT2D eigenvalue weighted by atomic mass is 9.97. The fraction of sp³-hybridized carbons (Fsp3) is 0.500. The van der Waals surface area contributed by atoms with Crippen LogP contribution in [0.1, 0.15) is 50.1 Å². The molecular weight excluding hydrogens is 266 g/mol. The topological polar surface area (TPSA) is 74.2 Å². The summed E-state index contributed by atoms with van der Waals surface area (Å²) in [5.74, 6) is 1.85. The maximum absolute atomic E-state index is 5.70. The van der Waals surface area contributed by atoms with Crippen LogP contribution in [0.15, 0.2) is 28.8 Å². The Morgan fingerprint density at radius 3 is 2.43 bits per heavy atom. The third kappa shape index (κ3) is 3.82. The number of aromatic nitrogens is 2. The van der Waals surface area contributed by atoms with Crippen LogP contribution in [0.3, 0.4) is 0 Å². The Balaban J connectivity index is 2.06. The lowest BCUT2D eigenvalue weighted by Crippen LogP contribution is -2.10. The van der Waals surface area contributed by atoms with Crippen molar-refractivity contribution in [2.24, 2.45) is 5.92 Å². The number of nitrogens with zero attached hydrogens (tertiary/aromatic N) is 2. The molecule has 1 heterocycles. The highest BCUT2D eigenvalue weighted by Crippen LogP contribution is 2.25. The maximum Gasteiger partial charge on any atom is 0.227 e. The van der Waals surface area contributed by atoms with Crippen LogP contribution < -0.4 is 5.73 Å². The Hall–Kier alpha value is -1.88. The second kappa shape index (κ2) is 6.72. The molecule has 114 valence electrons. The van der Waals surface area contributed by atoms with Crippen molar-refractivity contribution in [3.05, 3.63) is 41.5 Å². The smallest absolute Gasteiger partial charge is 0.227 e. The van der Waals surface area contributed by atoms with Gasteiger partial charge in [0.1, 0.15) is 6.10 Å². The van der Waals surface area contributed by atoms with Gasteiger partial charge in [-0.25, -0.2) is 0 Å². The number of nitrogens with two attached hydrogens (primary N) is 1. The predicted octanol–water partition coefficient (Wildman–Crippen LogP) is 3.34. The molecule has 1 aromatic carbocycles. The van der Waals surface area contributed by atoms with E-state index in [0.717, 1.165) is 5.69 Å². The van der Waals surface area contributed by atoms with Crippen molar-refractivity contribution in [1.82, 2.24) is 10.1 Å². The Kier molecular flexibility index (Phi) is 4.96. The van der Waals surface area contributed by atoms with E-state index in [-0.39, 0.29) is 6.10 Å². The number of methoxy groups -OCH3 is 1. The van der Waals surface area contributed by atoms with Gasteiger partial charge in [-0.05, 0) is 29.5 Å². The normalized spacial score (nSPS) is 14.3. The van der Waals surface area contributed by atoms with E-state index in [2.05, 4.69) is 30.9 Å². The molecule has 0 aliphatic rings. The van der Waals surface area contributed by atoms with E-state index < -0.39 is 0 Å². The van der Waals surface area contributed by atoms with Crippen LogP contribution in [0.5, 0.6) is 0 Å². The van der Waals surface area contributed by atoms with Crippen LogP contribution in [0.2, 0.25) is 0 Å². The summed E-state index contributed by atoms with van der Waals surface area (Å²) in [6.45, 7) is 6.27. The van der Waals surface area contributed by atoms with Crippen molar-refractivity contribution in [3.8, 4) is 0 Å². The number of hydrogen-bond donors (Lipinski definition) is 1. The van der Waals surface area contributed by atoms with Crippen LogP contribution in [-0.2, 0) is 11.2 Å². The minimum Gasteiger partial charge on any atom is -0.399 e. The molecule has 1 aromatic heterocycles. The summed E-state index contributed by atoms with van der Waals surface area (Å²) in [4.78, 5) is 4.46. The zero-order valence-electron chi connectivity index (χ0n) is 13.0. The third-order valence-electron chi connectivity index (χ3n) is 3.58. The van der Waals surface area contributed by atoms with Crippen LogP contribution in [-0.4, -0.2) is 17.3 Å². The quantitative estimate of drug-likeness (QED) is 0.825. The summed E-state index contributed by atoms with van der Waals surface area (Å²) in [6.07, 6.45) is 0.570. The van der Waals surface area contributed by atoms with Gasteiger partial charge in [0.15, 0.2) is 0 Å². The van der Waals surface area contributed by atoms with E-state index in [1.54, 1.807) is 7.11 Å². The molecule has 0 spiro atoms. The molecule has 5 heteroatoms. The Bertz CT molecular complexity index is 563. The van der Waals surface area contributed by atoms with Gasteiger partial charge in [0, 0.05) is 19.2 Å². The third-order valence-corrected chi connectivity index (χ3v) is 3.58. The molecule has 2 aromatic rings. The van der Waals surface area contributed by atoms with Crippen LogP contribution in [0.4, 0.5) is 5.69 Å². The average Bonchev–Trinajstić information content (AvgIpc) is 2.88. The molecule has 0 radical (unpaired) electrons. The van der Waals surface area contributed by atoms with Crippen molar-refractivity contribution in [3.63, 3.8) is 0 Å². The predicted molar refractivity (Wildman–Crippen MR) is 81.9 cm³/mol. The van der Waals surface area contributed by atoms with Gasteiger partial charge in [-0.15, -0.1) is 0 Å². The molecule has 0 amide bonds. The number of anilines is 1. The second-order valence-electron chi connectivity index (χ2n) is 5.72. The molecule has 0 saturated carbocycles. The van der Waals surface area contributed by atoms with Gasteiger partial charge >= 0.3 is 0 Å². The van der Waals surface area contributed by atoms with Gasteiger partial charge < -0.3 is 15.0 Å². The van der Waals surface area contributed by atoms with Crippen LogP contribution in [0, 0.1) is 5.92 Å². The standard InChI is InChI=1S/C16H23N3O2/c1-10(2)15(20-4)16-18-14(21-19-16)9-11(3)12-5-7-13(17)8-6-12/h5-8,10-11,15H,9,17H2,1-4H3. The molecule has 21 heavy (non-hydrogen) atoms. The molecule has 0 bridgehead atoms. The van der Waals surface area contributed by atoms with Gasteiger partial charge in [-0.2, -0.15) is 4.98 Å². The summed E-state index contributed by atoms with van der Waals surface area (Å²) in [5, 5.41) is 4.04. The minimum absolute atomic E-state index is 0.130. The van der Waals surface area contributed by atoms with Crippen molar-refractivity contribution < 1.29 is 9.26 Å².